The molecule has 0 bridgehead atoms. The first-order valence-electron chi connectivity index (χ1n) is 7.23. The Morgan fingerprint density at radius 3 is 2.54 bits per heavy atom. The zero-order chi connectivity index (χ0) is 18.2. The van der Waals surface area contributed by atoms with Gasteiger partial charge in [-0.15, -0.1) is 0 Å². The van der Waals surface area contributed by atoms with Gasteiger partial charge in [-0.1, -0.05) is 13.8 Å². The highest BCUT2D eigenvalue weighted by Crippen LogP contribution is 2.31. The van der Waals surface area contributed by atoms with Crippen molar-refractivity contribution in [2.75, 3.05) is 12.9 Å². The van der Waals surface area contributed by atoms with Crippen molar-refractivity contribution in [2.24, 2.45) is 0 Å². The molecule has 1 saturated heterocycles. The van der Waals surface area contributed by atoms with E-state index in [1.54, 1.807) is 13.8 Å². The molecule has 4 atom stereocenters. The Balaban J connectivity index is 2.45. The Labute approximate surface area is 137 Å². The molecule has 10 nitrogen and oxygen atoms in total. The lowest BCUT2D eigenvalue weighted by atomic mass is 10.1. The smallest absolute Gasteiger partial charge is 0.330 e. The van der Waals surface area contributed by atoms with Gasteiger partial charge in [0.2, 0.25) is 0 Å². The van der Waals surface area contributed by atoms with Crippen LogP contribution < -0.4 is 11.2 Å². The summed E-state index contributed by atoms with van der Waals surface area (Å²) in [6.45, 7) is 2.87. The molecule has 1 fully saturated rings. The van der Waals surface area contributed by atoms with Gasteiger partial charge in [0, 0.05) is 11.8 Å². The number of hydrogen-bond acceptors (Lipinski definition) is 8. The Kier molecular flexibility index (Phi) is 5.30. The first-order valence-corrected chi connectivity index (χ1v) is 9.04. The SMILES string of the molecule is CC(C)c1cn([C@@H]2O[C@H](CO)[C@H](OS(C)(=O)=O)[C@H]2O)c(=O)[nH]c1=O. The summed E-state index contributed by atoms with van der Waals surface area (Å²) >= 11 is 0. The molecule has 3 N–H and O–H groups in total. The second kappa shape index (κ2) is 6.76. The first-order chi connectivity index (χ1) is 11.0. The predicted octanol–water partition coefficient (Wildman–Crippen LogP) is -1.74. The minimum absolute atomic E-state index is 0.198. The fourth-order valence-corrected chi connectivity index (χ4v) is 3.16. The molecule has 1 aliphatic rings. The molecule has 1 aromatic rings. The summed E-state index contributed by atoms with van der Waals surface area (Å²) in [4.78, 5) is 25.9. The molecule has 2 heterocycles. The fourth-order valence-electron chi connectivity index (χ4n) is 2.52. The predicted molar refractivity (Wildman–Crippen MR) is 82.1 cm³/mol. The molecular weight excluding hydrogens is 344 g/mol. The molecule has 0 spiro atoms. The molecule has 0 amide bonds. The van der Waals surface area contributed by atoms with E-state index >= 15 is 0 Å². The van der Waals surface area contributed by atoms with Gasteiger partial charge in [-0.3, -0.25) is 18.5 Å². The highest BCUT2D eigenvalue weighted by Gasteiger charge is 2.47. The van der Waals surface area contributed by atoms with E-state index in [1.165, 1.54) is 6.20 Å². The van der Waals surface area contributed by atoms with Gasteiger partial charge in [-0.25, -0.2) is 4.79 Å². The number of nitrogens with one attached hydrogen (secondary N) is 1. The van der Waals surface area contributed by atoms with Crippen LogP contribution in [0.4, 0.5) is 0 Å². The van der Waals surface area contributed by atoms with Crippen molar-refractivity contribution >= 4 is 10.1 Å². The van der Waals surface area contributed by atoms with E-state index < -0.39 is 52.5 Å². The Morgan fingerprint density at radius 1 is 1.42 bits per heavy atom. The van der Waals surface area contributed by atoms with E-state index in [1.807, 2.05) is 0 Å². The summed E-state index contributed by atoms with van der Waals surface area (Å²) in [5.41, 5.74) is -1.09. The molecule has 136 valence electrons. The lowest BCUT2D eigenvalue weighted by Crippen LogP contribution is -2.40. The highest BCUT2D eigenvalue weighted by molar-refractivity contribution is 7.86. The summed E-state index contributed by atoms with van der Waals surface area (Å²) in [6.07, 6.45) is -3.34. The third-order valence-corrected chi connectivity index (χ3v) is 4.24. The van der Waals surface area contributed by atoms with E-state index in [0.29, 0.717) is 5.56 Å². The number of aliphatic hydroxyl groups excluding tert-OH is 2. The van der Waals surface area contributed by atoms with Gasteiger partial charge in [0.05, 0.1) is 12.9 Å². The molecule has 1 aromatic heterocycles. The van der Waals surface area contributed by atoms with Crippen molar-refractivity contribution in [3.8, 4) is 0 Å². The van der Waals surface area contributed by atoms with Crippen LogP contribution in [0.5, 0.6) is 0 Å². The van der Waals surface area contributed by atoms with Crippen molar-refractivity contribution in [2.45, 2.75) is 44.3 Å². The number of hydrogen-bond donors (Lipinski definition) is 3. The standard InChI is InChI=1S/C13H20N2O8S/c1-6(2)7-4-15(13(19)14-11(7)18)12-9(17)10(8(5-16)22-12)23-24(3,20)21/h4,6,8-10,12,16-17H,5H2,1-3H3,(H,14,18,19)/t8-,9-,10+,12-/m1/s1. The molecule has 0 unspecified atom stereocenters. The van der Waals surface area contributed by atoms with Crippen molar-refractivity contribution in [3.05, 3.63) is 32.6 Å². The topological polar surface area (TPSA) is 148 Å². The van der Waals surface area contributed by atoms with Gasteiger partial charge in [0.25, 0.3) is 15.7 Å². The van der Waals surface area contributed by atoms with Gasteiger partial charge < -0.3 is 14.9 Å². The molecule has 0 aliphatic carbocycles. The molecule has 11 heteroatoms. The van der Waals surface area contributed by atoms with Crippen LogP contribution in [0.1, 0.15) is 31.6 Å². The molecule has 24 heavy (non-hydrogen) atoms. The zero-order valence-corrected chi connectivity index (χ0v) is 14.2. The normalized spacial score (nSPS) is 27.8. The monoisotopic (exact) mass is 364 g/mol. The fraction of sp³-hybridized carbons (Fsp3) is 0.692. The van der Waals surface area contributed by atoms with Crippen molar-refractivity contribution < 1.29 is 27.6 Å². The average Bonchev–Trinajstić information content (AvgIpc) is 2.74. The Morgan fingerprint density at radius 2 is 2.04 bits per heavy atom. The summed E-state index contributed by atoms with van der Waals surface area (Å²) in [5.74, 6) is -0.198. The number of ether oxygens (including phenoxy) is 1. The maximum Gasteiger partial charge on any atom is 0.330 e. The first kappa shape index (κ1) is 18.8. The number of aliphatic hydroxyl groups is 2. The van der Waals surface area contributed by atoms with E-state index in [-0.39, 0.29) is 5.92 Å². The Bertz CT molecular complexity index is 812. The number of H-pyrrole nitrogens is 1. The van der Waals surface area contributed by atoms with Gasteiger partial charge in [-0.2, -0.15) is 8.42 Å². The van der Waals surface area contributed by atoms with E-state index in [4.69, 9.17) is 8.92 Å². The van der Waals surface area contributed by atoms with Gasteiger partial charge in [-0.05, 0) is 5.92 Å². The summed E-state index contributed by atoms with van der Waals surface area (Å²) in [6, 6.07) is 0. The van der Waals surface area contributed by atoms with Crippen LogP contribution in [-0.4, -0.2) is 59.4 Å². The maximum atomic E-state index is 12.0. The molecule has 0 saturated carbocycles. The van der Waals surface area contributed by atoms with Crippen LogP contribution in [-0.2, 0) is 19.0 Å². The largest absolute Gasteiger partial charge is 0.394 e. The summed E-state index contributed by atoms with van der Waals surface area (Å²) < 4.78 is 33.7. The lowest BCUT2D eigenvalue weighted by Gasteiger charge is -2.19. The van der Waals surface area contributed by atoms with Crippen molar-refractivity contribution in [1.82, 2.24) is 9.55 Å². The molecule has 0 aromatic carbocycles. The molecule has 2 rings (SSSR count). The van der Waals surface area contributed by atoms with E-state index in [0.717, 1.165) is 10.8 Å². The van der Waals surface area contributed by atoms with Crippen LogP contribution in [0.15, 0.2) is 15.8 Å². The highest BCUT2D eigenvalue weighted by atomic mass is 32.2. The van der Waals surface area contributed by atoms with Crippen LogP contribution in [0.25, 0.3) is 0 Å². The van der Waals surface area contributed by atoms with Crippen molar-refractivity contribution in [3.63, 3.8) is 0 Å². The number of aromatic nitrogens is 2. The van der Waals surface area contributed by atoms with Crippen LogP contribution in [0, 0.1) is 0 Å². The summed E-state index contributed by atoms with van der Waals surface area (Å²) in [7, 11) is -3.92. The Hall–Kier alpha value is -1.53. The molecule has 1 aliphatic heterocycles. The summed E-state index contributed by atoms with van der Waals surface area (Å²) in [5, 5.41) is 19.6. The third kappa shape index (κ3) is 3.75. The second-order valence-electron chi connectivity index (χ2n) is 5.91. The minimum atomic E-state index is -3.92. The van der Waals surface area contributed by atoms with E-state index in [9.17, 15) is 28.2 Å². The van der Waals surface area contributed by atoms with Crippen LogP contribution in [0.2, 0.25) is 0 Å². The number of rotatable bonds is 5. The molecule has 0 radical (unpaired) electrons. The van der Waals surface area contributed by atoms with Crippen LogP contribution >= 0.6 is 0 Å². The molecular formula is C13H20N2O8S. The van der Waals surface area contributed by atoms with Gasteiger partial charge >= 0.3 is 5.69 Å². The lowest BCUT2D eigenvalue weighted by molar-refractivity contribution is -0.0545. The minimum Gasteiger partial charge on any atom is -0.394 e. The maximum absolute atomic E-state index is 12.0. The van der Waals surface area contributed by atoms with Gasteiger partial charge in [0.1, 0.15) is 18.3 Å². The van der Waals surface area contributed by atoms with Gasteiger partial charge in [0.15, 0.2) is 6.23 Å². The third-order valence-electron chi connectivity index (χ3n) is 3.67. The zero-order valence-electron chi connectivity index (χ0n) is 13.4. The van der Waals surface area contributed by atoms with Crippen LogP contribution in [0.3, 0.4) is 0 Å². The van der Waals surface area contributed by atoms with E-state index in [2.05, 4.69) is 4.98 Å². The quantitative estimate of drug-likeness (QED) is 0.521. The number of aromatic amines is 1. The average molecular weight is 364 g/mol. The number of nitrogens with zero attached hydrogens (tertiary/aromatic N) is 1. The van der Waals surface area contributed by atoms with Crippen molar-refractivity contribution in [1.29, 1.82) is 0 Å². The second-order valence-corrected chi connectivity index (χ2v) is 7.51.